The Morgan fingerprint density at radius 3 is 1.69 bits per heavy atom. The molecule has 0 aliphatic rings. The number of nitrogens with one attached hydrogen (secondary N) is 1. The zero-order valence-corrected chi connectivity index (χ0v) is 8.73. The molecule has 0 aliphatic carbocycles. The lowest BCUT2D eigenvalue weighted by Crippen LogP contribution is -2.07. The van der Waals surface area contributed by atoms with Crippen molar-refractivity contribution in [2.24, 2.45) is 0 Å². The molecule has 0 saturated carbocycles. The van der Waals surface area contributed by atoms with Crippen LogP contribution >= 0.6 is 0 Å². The van der Waals surface area contributed by atoms with Gasteiger partial charge in [0.05, 0.1) is 13.2 Å². The minimum Gasteiger partial charge on any atom is -0.462 e. The van der Waals surface area contributed by atoms with Crippen LogP contribution in [0.25, 0.3) is 0 Å². The summed E-state index contributed by atoms with van der Waals surface area (Å²) in [4.78, 5) is 29.3. The Labute approximate surface area is 93.0 Å². The molecule has 0 heterocycles. The van der Waals surface area contributed by atoms with Crippen molar-refractivity contribution in [3.63, 3.8) is 0 Å². The van der Waals surface area contributed by atoms with Gasteiger partial charge in [-0.2, -0.15) is 0 Å². The van der Waals surface area contributed by atoms with Crippen LogP contribution in [-0.2, 0) is 23.9 Å². The maximum absolute atomic E-state index is 10.5. The van der Waals surface area contributed by atoms with Crippen LogP contribution in [0.3, 0.4) is 0 Å². The maximum atomic E-state index is 10.5. The first-order chi connectivity index (χ1) is 7.62. The van der Waals surface area contributed by atoms with Gasteiger partial charge in [-0.1, -0.05) is 13.2 Å². The lowest BCUT2D eigenvalue weighted by molar-refractivity contribution is -0.140. The minimum absolute atomic E-state index is 0.218. The van der Waals surface area contributed by atoms with E-state index >= 15 is 0 Å². The van der Waals surface area contributed by atoms with Crippen LogP contribution in [-0.4, -0.2) is 31.2 Å². The molecule has 0 aromatic rings. The van der Waals surface area contributed by atoms with Crippen LogP contribution in [0.4, 0.5) is 0 Å². The normalized spacial score (nSPS) is 7.50. The van der Waals surface area contributed by atoms with Crippen molar-refractivity contribution < 1.29 is 23.9 Å². The first-order valence-electron chi connectivity index (χ1n) is 4.24. The smallest absolute Gasteiger partial charge is 0.330 e. The highest BCUT2D eigenvalue weighted by molar-refractivity contribution is 5.81. The number of carbonyl (C=O) groups is 2. The van der Waals surface area contributed by atoms with Gasteiger partial charge >= 0.3 is 11.9 Å². The molecule has 0 aliphatic heterocycles. The summed E-state index contributed by atoms with van der Waals surface area (Å²) in [5.74, 6) is -0.954. The first kappa shape index (κ1) is 16.2. The lowest BCUT2D eigenvalue weighted by atomic mass is 10.5. The summed E-state index contributed by atoms with van der Waals surface area (Å²) in [6.07, 6.45) is 3.38. The number of esters is 2. The van der Waals surface area contributed by atoms with Crippen LogP contribution in [0.15, 0.2) is 25.3 Å². The van der Waals surface area contributed by atoms with Gasteiger partial charge in [0.15, 0.2) is 0 Å². The molecule has 16 heavy (non-hydrogen) atoms. The minimum atomic E-state index is -0.477. The Morgan fingerprint density at radius 2 is 1.44 bits per heavy atom. The fourth-order valence-corrected chi connectivity index (χ4v) is 0.522. The largest absolute Gasteiger partial charge is 0.462 e. The second kappa shape index (κ2) is 12.8. The molecule has 6 nitrogen and oxygen atoms in total. The Kier molecular flexibility index (Phi) is 13.0. The van der Waals surface area contributed by atoms with Gasteiger partial charge in [-0.25, -0.2) is 19.8 Å². The molecule has 0 rings (SSSR count). The van der Waals surface area contributed by atoms with E-state index in [2.05, 4.69) is 22.6 Å². The Balaban J connectivity index is 0. The van der Waals surface area contributed by atoms with Crippen molar-refractivity contribution in [1.29, 1.82) is 5.41 Å². The van der Waals surface area contributed by atoms with E-state index in [1.54, 1.807) is 0 Å². The van der Waals surface area contributed by atoms with Crippen molar-refractivity contribution >= 4 is 18.0 Å². The lowest BCUT2D eigenvalue weighted by Gasteiger charge is -2.02. The van der Waals surface area contributed by atoms with Gasteiger partial charge in [-0.05, 0) is 0 Å². The molecule has 88 valence electrons. The summed E-state index contributed by atoms with van der Waals surface area (Å²) in [5.41, 5.74) is 0. The van der Waals surface area contributed by atoms with Crippen molar-refractivity contribution in [3.05, 3.63) is 25.3 Å². The molecule has 1 N–H and O–H groups in total. The third kappa shape index (κ3) is 14.3. The number of hydrogen-bond acceptors (Lipinski definition) is 6. The highest BCUT2D eigenvalue weighted by Gasteiger charge is 1.97. The summed E-state index contributed by atoms with van der Waals surface area (Å²) in [7, 11) is 0. The van der Waals surface area contributed by atoms with E-state index in [0.717, 1.165) is 18.2 Å². The molecule has 0 bridgehead atoms. The zero-order valence-electron chi connectivity index (χ0n) is 8.73. The third-order valence-electron chi connectivity index (χ3n) is 1.11. The summed E-state index contributed by atoms with van der Waals surface area (Å²) >= 11 is 0. The molecule has 0 saturated heterocycles. The fourth-order valence-electron chi connectivity index (χ4n) is 0.522. The van der Waals surface area contributed by atoms with Gasteiger partial charge in [0.1, 0.15) is 0 Å². The van der Waals surface area contributed by atoms with E-state index in [1.165, 1.54) is 0 Å². The monoisotopic (exact) mass is 227 g/mol. The zero-order chi connectivity index (χ0) is 12.8. The standard InChI is InChI=1S/C9H12O4.CHNO/c1-3-8(10)12-6-5-7-13-9(11)4-2;2-1-3/h3-4H,1-2,5-7H2;2H. The van der Waals surface area contributed by atoms with Gasteiger partial charge in [-0.15, -0.1) is 0 Å². The molecule has 0 amide bonds. The predicted molar refractivity (Wildman–Crippen MR) is 55.3 cm³/mol. The molecule has 0 fully saturated rings. The summed E-state index contributed by atoms with van der Waals surface area (Å²) in [5, 5.41) is 5.40. The van der Waals surface area contributed by atoms with Crippen molar-refractivity contribution in [2.45, 2.75) is 6.42 Å². The quantitative estimate of drug-likeness (QED) is 0.237. The molecule has 0 unspecified atom stereocenters. The molecule has 0 spiro atoms. The Morgan fingerprint density at radius 1 is 1.12 bits per heavy atom. The van der Waals surface area contributed by atoms with E-state index in [1.807, 2.05) is 0 Å². The van der Waals surface area contributed by atoms with E-state index < -0.39 is 11.9 Å². The second-order valence-electron chi connectivity index (χ2n) is 2.20. The highest BCUT2D eigenvalue weighted by atomic mass is 16.5. The van der Waals surface area contributed by atoms with Crippen LogP contribution < -0.4 is 0 Å². The Hall–Kier alpha value is -2.20. The number of hydrogen-bond donors (Lipinski definition) is 1. The Bertz CT molecular complexity index is 257. The molecular formula is C10H13NO5. The second-order valence-corrected chi connectivity index (χ2v) is 2.20. The average molecular weight is 227 g/mol. The predicted octanol–water partition coefficient (Wildman–Crippen LogP) is 0.736. The average Bonchev–Trinajstić information content (AvgIpc) is 2.29. The summed E-state index contributed by atoms with van der Waals surface area (Å²) in [6.45, 7) is 6.89. The van der Waals surface area contributed by atoms with Crippen LogP contribution in [0.1, 0.15) is 6.42 Å². The highest BCUT2D eigenvalue weighted by Crippen LogP contribution is 1.87. The molecule has 0 aromatic heterocycles. The summed E-state index contributed by atoms with van der Waals surface area (Å²) in [6, 6.07) is 0. The van der Waals surface area contributed by atoms with Crippen molar-refractivity contribution in [3.8, 4) is 0 Å². The first-order valence-corrected chi connectivity index (χ1v) is 4.24. The van der Waals surface area contributed by atoms with E-state index in [0.29, 0.717) is 6.42 Å². The number of ether oxygens (including phenoxy) is 2. The molecule has 6 heteroatoms. The van der Waals surface area contributed by atoms with E-state index in [4.69, 9.17) is 10.2 Å². The van der Waals surface area contributed by atoms with Gasteiger partial charge in [0, 0.05) is 18.6 Å². The van der Waals surface area contributed by atoms with Crippen LogP contribution in [0, 0.1) is 5.41 Å². The fraction of sp³-hybridized carbons (Fsp3) is 0.300. The number of isocyanates is 1. The van der Waals surface area contributed by atoms with Crippen LogP contribution in [0.5, 0.6) is 0 Å². The summed E-state index contributed by atoms with van der Waals surface area (Å²) < 4.78 is 9.27. The molecule has 0 aromatic carbocycles. The maximum Gasteiger partial charge on any atom is 0.330 e. The third-order valence-corrected chi connectivity index (χ3v) is 1.11. The molecule has 0 atom stereocenters. The van der Waals surface area contributed by atoms with E-state index in [9.17, 15) is 9.59 Å². The van der Waals surface area contributed by atoms with E-state index in [-0.39, 0.29) is 13.2 Å². The van der Waals surface area contributed by atoms with Crippen molar-refractivity contribution in [2.75, 3.05) is 13.2 Å². The van der Waals surface area contributed by atoms with Gasteiger partial charge in [-0.3, -0.25) is 0 Å². The van der Waals surface area contributed by atoms with Gasteiger partial charge in [0.25, 0.3) is 0 Å². The van der Waals surface area contributed by atoms with Gasteiger partial charge in [0.2, 0.25) is 6.08 Å². The van der Waals surface area contributed by atoms with Crippen LogP contribution in [0.2, 0.25) is 0 Å². The van der Waals surface area contributed by atoms with Gasteiger partial charge < -0.3 is 9.47 Å². The number of carbonyl (C=O) groups excluding carboxylic acids is 3. The molecular weight excluding hydrogens is 214 g/mol. The molecule has 0 radical (unpaired) electrons. The SMILES string of the molecule is C=CC(=O)OCCCOC(=O)C=C.N=C=O. The topological polar surface area (TPSA) is 93.5 Å². The number of rotatable bonds is 6. The van der Waals surface area contributed by atoms with Crippen molar-refractivity contribution in [1.82, 2.24) is 0 Å².